The number of Topliss-reactive ketones (excluding diaryl/α,β-unsaturated/α-hetero) is 1. The summed E-state index contributed by atoms with van der Waals surface area (Å²) in [6, 6.07) is 7.54. The highest BCUT2D eigenvalue weighted by Gasteiger charge is 2.23. The smallest absolute Gasteiger partial charge is 0.338 e. The van der Waals surface area contributed by atoms with Crippen LogP contribution in [0.4, 0.5) is 11.5 Å². The van der Waals surface area contributed by atoms with Crippen molar-refractivity contribution in [2.24, 2.45) is 13.0 Å². The molecule has 0 saturated carbocycles. The Bertz CT molecular complexity index is 1400. The lowest BCUT2D eigenvalue weighted by molar-refractivity contribution is 0.0474. The van der Waals surface area contributed by atoms with Crippen molar-refractivity contribution in [2.45, 2.75) is 27.3 Å². The molecule has 0 unspecified atom stereocenters. The first-order chi connectivity index (χ1) is 16.5. The van der Waals surface area contributed by atoms with Gasteiger partial charge in [0, 0.05) is 19.3 Å². The van der Waals surface area contributed by atoms with Gasteiger partial charge in [-0.3, -0.25) is 23.5 Å². The number of amides is 1. The van der Waals surface area contributed by atoms with Gasteiger partial charge >= 0.3 is 11.7 Å². The monoisotopic (exact) mass is 482 g/mol. The van der Waals surface area contributed by atoms with Crippen LogP contribution >= 0.6 is 0 Å². The van der Waals surface area contributed by atoms with Crippen LogP contribution in [-0.4, -0.2) is 33.4 Å². The highest BCUT2D eigenvalue weighted by Crippen LogP contribution is 2.19. The van der Waals surface area contributed by atoms with Gasteiger partial charge in [0.25, 0.3) is 11.5 Å². The van der Waals surface area contributed by atoms with Gasteiger partial charge in [-0.2, -0.15) is 0 Å². The minimum Gasteiger partial charge on any atom is -0.459 e. The van der Waals surface area contributed by atoms with E-state index in [1.807, 2.05) is 13.8 Å². The van der Waals surface area contributed by atoms with E-state index in [1.54, 1.807) is 19.1 Å². The standard InChI is InChI=1S/C24H26N4O7/c1-13(2)11-28-20(25)19(22(31)27(4)24(28)33)17(29)12-35-23(32)15-8-7-14(3)16(10-15)26-21(30)18-6-5-9-34-18/h5-10,13H,11-12,25H2,1-4H3,(H,26,30). The van der Waals surface area contributed by atoms with E-state index in [9.17, 15) is 24.0 Å². The molecule has 11 nitrogen and oxygen atoms in total. The molecular formula is C24H26N4O7. The summed E-state index contributed by atoms with van der Waals surface area (Å²) in [6.07, 6.45) is 1.36. The lowest BCUT2D eigenvalue weighted by Gasteiger charge is -2.16. The second-order valence-corrected chi connectivity index (χ2v) is 8.37. The highest BCUT2D eigenvalue weighted by molar-refractivity contribution is 6.04. The van der Waals surface area contributed by atoms with Crippen LogP contribution in [0.15, 0.2) is 50.6 Å². The van der Waals surface area contributed by atoms with Crippen molar-refractivity contribution in [3.05, 3.63) is 79.9 Å². The number of ether oxygens (including phenoxy) is 1. The second kappa shape index (κ2) is 10.2. The molecule has 0 spiro atoms. The lowest BCUT2D eigenvalue weighted by atomic mass is 10.1. The zero-order valence-corrected chi connectivity index (χ0v) is 19.8. The maximum Gasteiger partial charge on any atom is 0.338 e. The first-order valence-corrected chi connectivity index (χ1v) is 10.8. The van der Waals surface area contributed by atoms with Crippen molar-refractivity contribution >= 4 is 29.2 Å². The van der Waals surface area contributed by atoms with Crippen LogP contribution in [-0.2, 0) is 18.3 Å². The Labute approximate surface area is 200 Å². The number of carbonyl (C=O) groups excluding carboxylic acids is 3. The number of hydrogen-bond donors (Lipinski definition) is 2. The fourth-order valence-corrected chi connectivity index (χ4v) is 3.35. The number of benzene rings is 1. The molecule has 0 aliphatic heterocycles. The molecule has 3 rings (SSSR count). The largest absolute Gasteiger partial charge is 0.459 e. The number of aromatic nitrogens is 2. The van der Waals surface area contributed by atoms with Crippen molar-refractivity contribution in [1.82, 2.24) is 9.13 Å². The van der Waals surface area contributed by atoms with Crippen LogP contribution in [0.2, 0.25) is 0 Å². The molecule has 0 atom stereocenters. The Morgan fingerprint density at radius 3 is 2.51 bits per heavy atom. The molecule has 1 amide bonds. The molecule has 184 valence electrons. The number of rotatable bonds is 8. The topological polar surface area (TPSA) is 156 Å². The fourth-order valence-electron chi connectivity index (χ4n) is 3.35. The number of esters is 1. The normalized spacial score (nSPS) is 10.9. The molecule has 0 radical (unpaired) electrons. The number of nitrogen functional groups attached to an aromatic ring is 1. The summed E-state index contributed by atoms with van der Waals surface area (Å²) in [4.78, 5) is 62.6. The quantitative estimate of drug-likeness (QED) is 0.365. The number of furan rings is 1. The fraction of sp³-hybridized carbons (Fsp3) is 0.292. The molecular weight excluding hydrogens is 456 g/mol. The summed E-state index contributed by atoms with van der Waals surface area (Å²) in [7, 11) is 1.24. The molecule has 3 N–H and O–H groups in total. The summed E-state index contributed by atoms with van der Waals surface area (Å²) < 4.78 is 12.1. The minimum atomic E-state index is -0.869. The third kappa shape index (κ3) is 5.40. The van der Waals surface area contributed by atoms with E-state index in [2.05, 4.69) is 5.32 Å². The summed E-state index contributed by atoms with van der Waals surface area (Å²) in [5, 5.41) is 2.65. The Kier molecular flexibility index (Phi) is 7.38. The van der Waals surface area contributed by atoms with Crippen molar-refractivity contribution in [2.75, 3.05) is 17.7 Å². The first-order valence-electron chi connectivity index (χ1n) is 10.8. The average Bonchev–Trinajstić information content (AvgIpc) is 3.35. The Morgan fingerprint density at radius 2 is 1.89 bits per heavy atom. The van der Waals surface area contributed by atoms with Gasteiger partial charge in [-0.25, -0.2) is 9.59 Å². The van der Waals surface area contributed by atoms with Gasteiger partial charge in [0.2, 0.25) is 5.78 Å². The third-order valence-corrected chi connectivity index (χ3v) is 5.21. The highest BCUT2D eigenvalue weighted by atomic mass is 16.5. The number of nitrogens with zero attached hydrogens (tertiary/aromatic N) is 2. The molecule has 0 aliphatic rings. The van der Waals surface area contributed by atoms with Crippen LogP contribution < -0.4 is 22.3 Å². The van der Waals surface area contributed by atoms with Crippen molar-refractivity contribution in [3.8, 4) is 0 Å². The van der Waals surface area contributed by atoms with E-state index >= 15 is 0 Å². The molecule has 2 heterocycles. The molecule has 0 bridgehead atoms. The second-order valence-electron chi connectivity index (χ2n) is 8.37. The number of anilines is 2. The predicted molar refractivity (Wildman–Crippen MR) is 128 cm³/mol. The summed E-state index contributed by atoms with van der Waals surface area (Å²) in [6.45, 7) is 4.89. The van der Waals surface area contributed by atoms with Crippen LogP contribution in [0.1, 0.15) is 50.7 Å². The maximum atomic E-state index is 12.8. The first kappa shape index (κ1) is 25.2. The van der Waals surface area contributed by atoms with Crippen molar-refractivity contribution in [1.29, 1.82) is 0 Å². The average molecular weight is 482 g/mol. The van der Waals surface area contributed by atoms with E-state index in [0.29, 0.717) is 11.3 Å². The van der Waals surface area contributed by atoms with E-state index in [-0.39, 0.29) is 29.6 Å². The molecule has 0 aliphatic carbocycles. The molecule has 11 heteroatoms. The van der Waals surface area contributed by atoms with Gasteiger partial charge in [-0.05, 0) is 42.7 Å². The van der Waals surface area contributed by atoms with Gasteiger partial charge in [-0.1, -0.05) is 19.9 Å². The molecule has 0 saturated heterocycles. The number of carbonyl (C=O) groups is 3. The maximum absolute atomic E-state index is 12.8. The molecule has 2 aromatic heterocycles. The Balaban J connectivity index is 1.78. The molecule has 1 aromatic carbocycles. The van der Waals surface area contributed by atoms with Crippen molar-refractivity contribution < 1.29 is 23.5 Å². The SMILES string of the molecule is Cc1ccc(C(=O)OCC(=O)c2c(N)n(CC(C)C)c(=O)n(C)c2=O)cc1NC(=O)c1ccco1. The summed E-state index contributed by atoms with van der Waals surface area (Å²) in [5.74, 6) is -2.34. The predicted octanol–water partition coefficient (Wildman–Crippen LogP) is 1.98. The summed E-state index contributed by atoms with van der Waals surface area (Å²) in [5.41, 5.74) is 5.16. The van der Waals surface area contributed by atoms with Gasteiger partial charge in [0.05, 0.1) is 11.8 Å². The number of hydrogen-bond acceptors (Lipinski definition) is 8. The van der Waals surface area contributed by atoms with Gasteiger partial charge < -0.3 is 20.2 Å². The molecule has 3 aromatic rings. The van der Waals surface area contributed by atoms with E-state index in [1.165, 1.54) is 31.5 Å². The van der Waals surface area contributed by atoms with Crippen LogP contribution in [0.25, 0.3) is 0 Å². The zero-order chi connectivity index (χ0) is 25.9. The number of ketones is 1. The Hall–Kier alpha value is -4.41. The van der Waals surface area contributed by atoms with E-state index < -0.39 is 41.1 Å². The van der Waals surface area contributed by atoms with Gasteiger partial charge in [-0.15, -0.1) is 0 Å². The molecule has 0 fully saturated rings. The van der Waals surface area contributed by atoms with Crippen LogP contribution in [0.5, 0.6) is 0 Å². The van der Waals surface area contributed by atoms with E-state index in [4.69, 9.17) is 14.9 Å². The Morgan fingerprint density at radius 1 is 1.17 bits per heavy atom. The summed E-state index contributed by atoms with van der Waals surface area (Å²) >= 11 is 0. The van der Waals surface area contributed by atoms with Gasteiger partial charge in [0.1, 0.15) is 11.4 Å². The number of aryl methyl sites for hydroxylation is 1. The lowest BCUT2D eigenvalue weighted by Crippen LogP contribution is -2.43. The van der Waals surface area contributed by atoms with Crippen LogP contribution in [0.3, 0.4) is 0 Å². The van der Waals surface area contributed by atoms with Crippen molar-refractivity contribution in [3.63, 3.8) is 0 Å². The van der Waals surface area contributed by atoms with Crippen LogP contribution in [0, 0.1) is 12.8 Å². The number of nitrogens with two attached hydrogens (primary N) is 1. The van der Waals surface area contributed by atoms with E-state index in [0.717, 1.165) is 9.13 Å². The molecule has 35 heavy (non-hydrogen) atoms. The zero-order valence-electron chi connectivity index (χ0n) is 19.8. The van der Waals surface area contributed by atoms with Gasteiger partial charge in [0.15, 0.2) is 12.4 Å². The minimum absolute atomic E-state index is 0.0253. The number of nitrogens with one attached hydrogen (secondary N) is 1. The third-order valence-electron chi connectivity index (χ3n) is 5.21.